The average molecular weight is 425 g/mol. The summed E-state index contributed by atoms with van der Waals surface area (Å²) in [7, 11) is 0. The quantitative estimate of drug-likeness (QED) is 0.405. The Hall–Kier alpha value is -0.590. The van der Waals surface area contributed by atoms with Crippen LogP contribution in [0.1, 0.15) is 119 Å². The van der Waals surface area contributed by atoms with Gasteiger partial charge in [0.25, 0.3) is 0 Å². The third-order valence-electron chi connectivity index (χ3n) is 12.9. The summed E-state index contributed by atoms with van der Waals surface area (Å²) >= 11 is 0. The summed E-state index contributed by atoms with van der Waals surface area (Å²) in [6.07, 6.45) is 15.9. The number of hydrogen-bond donors (Lipinski definition) is 0. The van der Waals surface area contributed by atoms with Gasteiger partial charge in [0, 0.05) is 11.8 Å². The van der Waals surface area contributed by atoms with Crippen LogP contribution in [0.2, 0.25) is 0 Å². The van der Waals surface area contributed by atoms with Gasteiger partial charge in [-0.25, -0.2) is 0 Å². The zero-order valence-corrected chi connectivity index (χ0v) is 21.4. The van der Waals surface area contributed by atoms with Crippen LogP contribution in [-0.2, 0) is 4.79 Å². The molecule has 0 aromatic rings. The first-order valence-electron chi connectivity index (χ1n) is 13.6. The molecule has 0 aliphatic heterocycles. The Morgan fingerprint density at radius 3 is 2.35 bits per heavy atom. The standard InChI is InChI=1S/C30H48O/c1-20(2)9-8-10-21(3)22-13-15-28(7)24-12-11-23-26(4,5)25(31)14-16-29(23)19-30(24,29)18-17-27(22,28)6/h21-24H,1,8-19H2,2-7H3. The predicted molar refractivity (Wildman–Crippen MR) is 130 cm³/mol. The largest absolute Gasteiger partial charge is 0.299 e. The number of hydrogen-bond acceptors (Lipinski definition) is 1. The second-order valence-corrected chi connectivity index (χ2v) is 14.1. The highest BCUT2D eigenvalue weighted by Gasteiger charge is 2.82. The van der Waals surface area contributed by atoms with E-state index in [0.717, 1.165) is 24.2 Å². The van der Waals surface area contributed by atoms with E-state index in [0.29, 0.717) is 33.4 Å². The van der Waals surface area contributed by atoms with Crippen LogP contribution in [-0.4, -0.2) is 5.78 Å². The maximum atomic E-state index is 12.8. The molecule has 8 unspecified atom stereocenters. The van der Waals surface area contributed by atoms with Crippen LogP contribution in [0.15, 0.2) is 12.2 Å². The Labute approximate surface area is 192 Å². The molecule has 0 saturated heterocycles. The first-order chi connectivity index (χ1) is 14.4. The van der Waals surface area contributed by atoms with Gasteiger partial charge in [-0.05, 0) is 116 Å². The van der Waals surface area contributed by atoms with Crippen molar-refractivity contribution in [2.75, 3.05) is 0 Å². The number of fused-ring (bicyclic) bond motifs is 2. The number of ketones is 1. The second kappa shape index (κ2) is 6.73. The summed E-state index contributed by atoms with van der Waals surface area (Å²) < 4.78 is 0. The predicted octanol–water partition coefficient (Wildman–Crippen LogP) is 8.38. The average Bonchev–Trinajstić information content (AvgIpc) is 3.27. The van der Waals surface area contributed by atoms with Gasteiger partial charge in [0.05, 0.1) is 0 Å². The summed E-state index contributed by atoms with van der Waals surface area (Å²) in [5.41, 5.74) is 3.40. The van der Waals surface area contributed by atoms with Crippen LogP contribution in [0.25, 0.3) is 0 Å². The minimum atomic E-state index is -0.0790. The summed E-state index contributed by atoms with van der Waals surface area (Å²) in [5, 5.41) is 0. The summed E-state index contributed by atoms with van der Waals surface area (Å²) in [6, 6.07) is 0. The van der Waals surface area contributed by atoms with Crippen molar-refractivity contribution in [1.82, 2.24) is 0 Å². The fourth-order valence-electron chi connectivity index (χ4n) is 11.0. The number of allylic oxidation sites excluding steroid dienone is 1. The van der Waals surface area contributed by atoms with Crippen molar-refractivity contribution in [3.8, 4) is 0 Å². The number of Topliss-reactive ketones (excluding diaryl/α,β-unsaturated/α-hetero) is 1. The lowest BCUT2D eigenvalue weighted by Crippen LogP contribution is -2.57. The van der Waals surface area contributed by atoms with E-state index in [1.165, 1.54) is 76.2 Å². The van der Waals surface area contributed by atoms with Crippen molar-refractivity contribution < 1.29 is 4.79 Å². The molecule has 0 bridgehead atoms. The van der Waals surface area contributed by atoms with Gasteiger partial charge in [0.2, 0.25) is 0 Å². The minimum Gasteiger partial charge on any atom is -0.299 e. The fraction of sp³-hybridized carbons (Fsp3) is 0.900. The molecule has 0 radical (unpaired) electrons. The van der Waals surface area contributed by atoms with E-state index in [9.17, 15) is 4.79 Å². The SMILES string of the molecule is C=C(C)CCCC(C)C1CCC2(C)C3CCC4C(C)(C)C(=O)CCC45CC35CCC12C. The highest BCUT2D eigenvalue weighted by Crippen LogP contribution is 2.88. The van der Waals surface area contributed by atoms with Crippen LogP contribution in [0.3, 0.4) is 0 Å². The van der Waals surface area contributed by atoms with Gasteiger partial charge < -0.3 is 0 Å². The molecule has 174 valence electrons. The Balaban J connectivity index is 1.40. The van der Waals surface area contributed by atoms with Crippen LogP contribution in [0.4, 0.5) is 0 Å². The molecule has 5 saturated carbocycles. The second-order valence-electron chi connectivity index (χ2n) is 14.1. The third kappa shape index (κ3) is 2.64. The van der Waals surface area contributed by atoms with E-state index >= 15 is 0 Å². The van der Waals surface area contributed by atoms with Crippen LogP contribution >= 0.6 is 0 Å². The Morgan fingerprint density at radius 1 is 0.968 bits per heavy atom. The van der Waals surface area contributed by atoms with Gasteiger partial charge in [-0.2, -0.15) is 0 Å². The lowest BCUT2D eigenvalue weighted by atomic mass is 9.42. The molecular formula is C30H48O. The fourth-order valence-corrected chi connectivity index (χ4v) is 11.0. The first kappa shape index (κ1) is 22.2. The molecule has 5 rings (SSSR count). The van der Waals surface area contributed by atoms with Gasteiger partial charge in [0.1, 0.15) is 5.78 Å². The molecule has 1 heteroatoms. The molecule has 0 aromatic carbocycles. The molecule has 0 N–H and O–H groups in total. The van der Waals surface area contributed by atoms with Gasteiger partial charge in [-0.3, -0.25) is 4.79 Å². The monoisotopic (exact) mass is 424 g/mol. The van der Waals surface area contributed by atoms with Crippen LogP contribution in [0, 0.1) is 50.7 Å². The normalized spacial score (nSPS) is 50.6. The van der Waals surface area contributed by atoms with Gasteiger partial charge in [-0.15, -0.1) is 6.58 Å². The van der Waals surface area contributed by atoms with Gasteiger partial charge >= 0.3 is 0 Å². The molecule has 5 aliphatic carbocycles. The molecule has 0 aromatic heterocycles. The maximum absolute atomic E-state index is 12.8. The molecular weight excluding hydrogens is 376 g/mol. The van der Waals surface area contributed by atoms with E-state index in [-0.39, 0.29) is 5.41 Å². The van der Waals surface area contributed by atoms with Crippen LogP contribution in [0.5, 0.6) is 0 Å². The number of rotatable bonds is 5. The van der Waals surface area contributed by atoms with Gasteiger partial charge in [0.15, 0.2) is 0 Å². The van der Waals surface area contributed by atoms with E-state index in [2.05, 4.69) is 48.1 Å². The minimum absolute atomic E-state index is 0.0790. The summed E-state index contributed by atoms with van der Waals surface area (Å²) in [5.74, 6) is 3.86. The molecule has 0 heterocycles. The smallest absolute Gasteiger partial charge is 0.138 e. The van der Waals surface area contributed by atoms with Crippen molar-refractivity contribution in [3.63, 3.8) is 0 Å². The molecule has 31 heavy (non-hydrogen) atoms. The zero-order chi connectivity index (χ0) is 22.4. The summed E-state index contributed by atoms with van der Waals surface area (Å²) in [4.78, 5) is 12.8. The van der Waals surface area contributed by atoms with Crippen LogP contribution < -0.4 is 0 Å². The van der Waals surface area contributed by atoms with Crippen molar-refractivity contribution in [3.05, 3.63) is 12.2 Å². The van der Waals surface area contributed by atoms with Crippen molar-refractivity contribution in [2.24, 2.45) is 50.7 Å². The Bertz CT molecular complexity index is 792. The van der Waals surface area contributed by atoms with Crippen molar-refractivity contribution in [2.45, 2.75) is 119 Å². The lowest BCUT2D eigenvalue weighted by molar-refractivity contribution is -0.157. The van der Waals surface area contributed by atoms with E-state index in [4.69, 9.17) is 0 Å². The molecule has 8 atom stereocenters. The first-order valence-corrected chi connectivity index (χ1v) is 13.6. The number of carbonyl (C=O) groups excluding carboxylic acids is 1. The zero-order valence-electron chi connectivity index (χ0n) is 21.4. The van der Waals surface area contributed by atoms with E-state index in [1.54, 1.807) is 0 Å². The highest BCUT2D eigenvalue weighted by atomic mass is 16.1. The molecule has 2 spiro atoms. The topological polar surface area (TPSA) is 17.1 Å². The third-order valence-corrected chi connectivity index (χ3v) is 12.9. The number of carbonyl (C=O) groups is 1. The van der Waals surface area contributed by atoms with E-state index < -0.39 is 0 Å². The van der Waals surface area contributed by atoms with Crippen molar-refractivity contribution >= 4 is 5.78 Å². The van der Waals surface area contributed by atoms with Crippen molar-refractivity contribution in [1.29, 1.82) is 0 Å². The highest BCUT2D eigenvalue weighted by molar-refractivity contribution is 5.86. The Kier molecular flexibility index (Phi) is 4.82. The molecule has 5 fully saturated rings. The Morgan fingerprint density at radius 2 is 1.65 bits per heavy atom. The molecule has 5 aliphatic rings. The summed E-state index contributed by atoms with van der Waals surface area (Å²) in [6.45, 7) is 18.9. The molecule has 1 nitrogen and oxygen atoms in total. The molecule has 0 amide bonds. The van der Waals surface area contributed by atoms with E-state index in [1.807, 2.05) is 0 Å². The van der Waals surface area contributed by atoms with Gasteiger partial charge in [-0.1, -0.05) is 46.6 Å². The lowest BCUT2D eigenvalue weighted by Gasteiger charge is -2.62. The maximum Gasteiger partial charge on any atom is 0.138 e.